The van der Waals surface area contributed by atoms with E-state index in [4.69, 9.17) is 10.2 Å². The van der Waals surface area contributed by atoms with Gasteiger partial charge in [0.15, 0.2) is 0 Å². The quantitative estimate of drug-likeness (QED) is 0.689. The van der Waals surface area contributed by atoms with Gasteiger partial charge in [-0.25, -0.2) is 0 Å². The highest BCUT2D eigenvalue weighted by molar-refractivity contribution is 5.87. The van der Waals surface area contributed by atoms with Gasteiger partial charge in [0.25, 0.3) is 0 Å². The molecule has 0 atom stereocenters. The van der Waals surface area contributed by atoms with Crippen LogP contribution in [-0.4, -0.2) is 4.98 Å². The van der Waals surface area contributed by atoms with E-state index in [2.05, 4.69) is 4.98 Å². The highest BCUT2D eigenvalue weighted by atomic mass is 16.3. The first-order valence-electron chi connectivity index (χ1n) is 5.45. The van der Waals surface area contributed by atoms with E-state index in [-0.39, 0.29) is 0 Å². The zero-order valence-electron chi connectivity index (χ0n) is 9.47. The zero-order chi connectivity index (χ0) is 11.8. The Kier molecular flexibility index (Phi) is 2.11. The van der Waals surface area contributed by atoms with Crippen molar-refractivity contribution in [1.29, 1.82) is 0 Å². The van der Waals surface area contributed by atoms with Crippen LogP contribution >= 0.6 is 0 Å². The van der Waals surface area contributed by atoms with Crippen molar-refractivity contribution < 1.29 is 4.42 Å². The number of furan rings is 1. The number of pyridine rings is 1. The summed E-state index contributed by atoms with van der Waals surface area (Å²) in [6.45, 7) is 2.03. The van der Waals surface area contributed by atoms with E-state index in [1.165, 1.54) is 0 Å². The Balaban J connectivity index is 2.26. The summed E-state index contributed by atoms with van der Waals surface area (Å²) < 4.78 is 5.85. The molecule has 0 bridgehead atoms. The fraction of sp³-hybridized carbons (Fsp3) is 0.0714. The van der Waals surface area contributed by atoms with Gasteiger partial charge in [-0.05, 0) is 24.6 Å². The maximum absolute atomic E-state index is 5.91. The van der Waals surface area contributed by atoms with Crippen LogP contribution in [0.15, 0.2) is 47.1 Å². The van der Waals surface area contributed by atoms with Crippen molar-refractivity contribution in [3.05, 3.63) is 48.3 Å². The van der Waals surface area contributed by atoms with Crippen molar-refractivity contribution in [2.45, 2.75) is 6.92 Å². The van der Waals surface area contributed by atoms with Crippen LogP contribution in [0.3, 0.4) is 0 Å². The third-order valence-corrected chi connectivity index (χ3v) is 2.86. The molecule has 0 saturated heterocycles. The van der Waals surface area contributed by atoms with Crippen LogP contribution < -0.4 is 5.73 Å². The molecule has 84 valence electrons. The molecule has 17 heavy (non-hydrogen) atoms. The lowest BCUT2D eigenvalue weighted by Crippen LogP contribution is -1.89. The average molecular weight is 224 g/mol. The molecule has 0 aliphatic rings. The number of aromatic nitrogens is 1. The SMILES string of the molecule is Cc1cccc2cc(-c3cnccc3N)oc12. The molecule has 3 aromatic rings. The molecule has 2 heterocycles. The Morgan fingerprint density at radius 1 is 1.24 bits per heavy atom. The lowest BCUT2D eigenvalue weighted by atomic mass is 10.1. The monoisotopic (exact) mass is 224 g/mol. The van der Waals surface area contributed by atoms with Gasteiger partial charge >= 0.3 is 0 Å². The van der Waals surface area contributed by atoms with Crippen LogP contribution in [0.5, 0.6) is 0 Å². The Morgan fingerprint density at radius 3 is 2.88 bits per heavy atom. The Bertz CT molecular complexity index is 686. The molecule has 3 rings (SSSR count). The Morgan fingerprint density at radius 2 is 2.12 bits per heavy atom. The molecule has 0 saturated carbocycles. The van der Waals surface area contributed by atoms with E-state index in [1.54, 1.807) is 18.5 Å². The summed E-state index contributed by atoms with van der Waals surface area (Å²) in [5.74, 6) is 0.764. The average Bonchev–Trinajstić information content (AvgIpc) is 2.75. The molecule has 0 unspecified atom stereocenters. The zero-order valence-corrected chi connectivity index (χ0v) is 9.47. The number of nitrogen functional groups attached to an aromatic ring is 1. The number of nitrogens with zero attached hydrogens (tertiary/aromatic N) is 1. The lowest BCUT2D eigenvalue weighted by Gasteiger charge is -1.99. The number of aryl methyl sites for hydroxylation is 1. The second-order valence-corrected chi connectivity index (χ2v) is 4.07. The number of hydrogen-bond acceptors (Lipinski definition) is 3. The minimum absolute atomic E-state index is 0.678. The normalized spacial score (nSPS) is 10.9. The number of para-hydroxylation sites is 1. The maximum atomic E-state index is 5.91. The lowest BCUT2D eigenvalue weighted by molar-refractivity contribution is 0.629. The van der Waals surface area contributed by atoms with Gasteiger partial charge in [0.2, 0.25) is 0 Å². The van der Waals surface area contributed by atoms with Crippen molar-refractivity contribution in [2.24, 2.45) is 0 Å². The van der Waals surface area contributed by atoms with Crippen molar-refractivity contribution in [2.75, 3.05) is 5.73 Å². The Labute approximate surface area is 98.9 Å². The largest absolute Gasteiger partial charge is 0.456 e. The molecule has 2 aromatic heterocycles. The molecular weight excluding hydrogens is 212 g/mol. The van der Waals surface area contributed by atoms with Gasteiger partial charge in [-0.2, -0.15) is 0 Å². The minimum Gasteiger partial charge on any atom is -0.456 e. The number of fused-ring (bicyclic) bond motifs is 1. The van der Waals surface area contributed by atoms with Gasteiger partial charge in [0.05, 0.1) is 5.56 Å². The fourth-order valence-electron chi connectivity index (χ4n) is 1.95. The molecule has 0 aliphatic carbocycles. The van der Waals surface area contributed by atoms with Crippen LogP contribution in [-0.2, 0) is 0 Å². The highest BCUT2D eigenvalue weighted by Gasteiger charge is 2.10. The smallest absolute Gasteiger partial charge is 0.139 e. The maximum Gasteiger partial charge on any atom is 0.139 e. The van der Waals surface area contributed by atoms with Crippen molar-refractivity contribution in [3.8, 4) is 11.3 Å². The summed E-state index contributed by atoms with van der Waals surface area (Å²) in [5.41, 5.74) is 9.46. The van der Waals surface area contributed by atoms with Crippen molar-refractivity contribution >= 4 is 16.7 Å². The van der Waals surface area contributed by atoms with Gasteiger partial charge < -0.3 is 10.2 Å². The van der Waals surface area contributed by atoms with E-state index in [0.29, 0.717) is 5.69 Å². The van der Waals surface area contributed by atoms with E-state index < -0.39 is 0 Å². The number of rotatable bonds is 1. The first-order chi connectivity index (χ1) is 8.25. The standard InChI is InChI=1S/C14H12N2O/c1-9-3-2-4-10-7-13(17-14(9)10)11-8-16-6-5-12(11)15/h2-8H,1H3,(H2,15,16). The van der Waals surface area contributed by atoms with Gasteiger partial charge in [-0.15, -0.1) is 0 Å². The number of anilines is 1. The van der Waals surface area contributed by atoms with Gasteiger partial charge in [0, 0.05) is 23.5 Å². The number of nitrogens with two attached hydrogens (primary N) is 1. The molecule has 3 nitrogen and oxygen atoms in total. The van der Waals surface area contributed by atoms with E-state index in [1.807, 2.05) is 31.2 Å². The summed E-state index contributed by atoms with van der Waals surface area (Å²) in [4.78, 5) is 4.07. The second-order valence-electron chi connectivity index (χ2n) is 4.07. The second kappa shape index (κ2) is 3.63. The van der Waals surface area contributed by atoms with E-state index in [9.17, 15) is 0 Å². The van der Waals surface area contributed by atoms with Crippen LogP contribution in [0.4, 0.5) is 5.69 Å². The third kappa shape index (κ3) is 1.56. The molecule has 0 amide bonds. The van der Waals surface area contributed by atoms with Crippen LogP contribution in [0.2, 0.25) is 0 Å². The number of benzene rings is 1. The first kappa shape index (κ1) is 9.90. The summed E-state index contributed by atoms with van der Waals surface area (Å²) in [5, 5.41) is 1.09. The topological polar surface area (TPSA) is 52.0 Å². The van der Waals surface area contributed by atoms with E-state index >= 15 is 0 Å². The van der Waals surface area contributed by atoms with Crippen molar-refractivity contribution in [3.63, 3.8) is 0 Å². The minimum atomic E-state index is 0.678. The van der Waals surface area contributed by atoms with Crippen LogP contribution in [0.1, 0.15) is 5.56 Å². The molecule has 1 aromatic carbocycles. The molecule has 2 N–H and O–H groups in total. The van der Waals surface area contributed by atoms with Gasteiger partial charge in [0.1, 0.15) is 11.3 Å². The molecule has 0 spiro atoms. The first-order valence-corrected chi connectivity index (χ1v) is 5.45. The number of hydrogen-bond donors (Lipinski definition) is 1. The molecule has 3 heteroatoms. The summed E-state index contributed by atoms with van der Waals surface area (Å²) >= 11 is 0. The third-order valence-electron chi connectivity index (χ3n) is 2.86. The summed E-state index contributed by atoms with van der Waals surface area (Å²) in [6, 6.07) is 9.85. The summed E-state index contributed by atoms with van der Waals surface area (Å²) in [6.07, 6.45) is 3.40. The predicted molar refractivity (Wildman–Crippen MR) is 68.6 cm³/mol. The Hall–Kier alpha value is -2.29. The predicted octanol–water partition coefficient (Wildman–Crippen LogP) is 3.39. The van der Waals surface area contributed by atoms with E-state index in [0.717, 1.165) is 27.9 Å². The highest BCUT2D eigenvalue weighted by Crippen LogP contribution is 2.31. The molecular formula is C14H12N2O. The molecule has 0 radical (unpaired) electrons. The van der Waals surface area contributed by atoms with Crippen LogP contribution in [0.25, 0.3) is 22.3 Å². The summed E-state index contributed by atoms with van der Waals surface area (Å²) in [7, 11) is 0. The van der Waals surface area contributed by atoms with Gasteiger partial charge in [-0.1, -0.05) is 18.2 Å². The molecule has 0 fully saturated rings. The fourth-order valence-corrected chi connectivity index (χ4v) is 1.95. The van der Waals surface area contributed by atoms with Crippen molar-refractivity contribution in [1.82, 2.24) is 4.98 Å². The van der Waals surface area contributed by atoms with Crippen LogP contribution in [0, 0.1) is 6.92 Å². The van der Waals surface area contributed by atoms with Gasteiger partial charge in [-0.3, -0.25) is 4.98 Å². The molecule has 0 aliphatic heterocycles.